The van der Waals surface area contributed by atoms with Gasteiger partial charge in [-0.15, -0.1) is 23.2 Å². The molecule has 6 heteroatoms. The lowest BCUT2D eigenvalue weighted by Gasteiger charge is -2.12. The molecule has 0 aliphatic heterocycles. The zero-order valence-corrected chi connectivity index (χ0v) is 11.8. The number of anilines is 1. The third-order valence-corrected chi connectivity index (χ3v) is 4.83. The summed E-state index contributed by atoms with van der Waals surface area (Å²) >= 11 is 11.3. The first-order valence-corrected chi connectivity index (χ1v) is 7.76. The molecule has 0 heterocycles. The minimum Gasteiger partial charge on any atom is -0.282 e. The monoisotopic (exact) mass is 295 g/mol. The molecule has 3 nitrogen and oxygen atoms in total. The highest BCUT2D eigenvalue weighted by molar-refractivity contribution is 7.94. The van der Waals surface area contributed by atoms with Crippen molar-refractivity contribution in [1.29, 1.82) is 0 Å². The molecule has 0 aromatic heterocycles. The summed E-state index contributed by atoms with van der Waals surface area (Å²) in [4.78, 5) is 0. The maximum absolute atomic E-state index is 11.8. The van der Waals surface area contributed by atoms with Crippen LogP contribution in [0.5, 0.6) is 0 Å². The molecule has 0 fully saturated rings. The van der Waals surface area contributed by atoms with Crippen LogP contribution in [0.15, 0.2) is 24.3 Å². The number of benzene rings is 1. The number of rotatable bonds is 6. The van der Waals surface area contributed by atoms with Crippen molar-refractivity contribution in [2.45, 2.75) is 24.5 Å². The first kappa shape index (κ1) is 14.6. The van der Waals surface area contributed by atoms with E-state index in [4.69, 9.17) is 23.2 Å². The largest absolute Gasteiger partial charge is 0.282 e. The van der Waals surface area contributed by atoms with Gasteiger partial charge in [-0.1, -0.05) is 17.7 Å². The van der Waals surface area contributed by atoms with Crippen LogP contribution in [-0.4, -0.2) is 19.0 Å². The standard InChI is InChI=1S/C11H15Cl2NO2S/c1-9-4-6-10(7-5-9)14-17(15,16)11(13)3-2-8-12/h4-7,11,14H,2-3,8H2,1H3. The molecule has 1 unspecified atom stereocenters. The van der Waals surface area contributed by atoms with Gasteiger partial charge in [0.2, 0.25) is 10.0 Å². The van der Waals surface area contributed by atoms with Gasteiger partial charge in [0.25, 0.3) is 0 Å². The summed E-state index contributed by atoms with van der Waals surface area (Å²) < 4.78 is 25.1. The van der Waals surface area contributed by atoms with Gasteiger partial charge in [-0.05, 0) is 31.9 Å². The Morgan fingerprint density at radius 1 is 1.29 bits per heavy atom. The number of aryl methyl sites for hydroxylation is 1. The van der Waals surface area contributed by atoms with E-state index < -0.39 is 14.7 Å². The zero-order chi connectivity index (χ0) is 12.9. The van der Waals surface area contributed by atoms with Crippen LogP contribution in [0.4, 0.5) is 5.69 Å². The van der Waals surface area contributed by atoms with Crippen LogP contribution in [0.25, 0.3) is 0 Å². The van der Waals surface area contributed by atoms with E-state index in [0.29, 0.717) is 24.4 Å². The van der Waals surface area contributed by atoms with Crippen LogP contribution in [-0.2, 0) is 10.0 Å². The van der Waals surface area contributed by atoms with Crippen molar-refractivity contribution in [3.8, 4) is 0 Å². The first-order valence-electron chi connectivity index (χ1n) is 5.24. The van der Waals surface area contributed by atoms with Crippen molar-refractivity contribution in [2.24, 2.45) is 0 Å². The molecule has 0 spiro atoms. The summed E-state index contributed by atoms with van der Waals surface area (Å²) in [6, 6.07) is 7.08. The molecule has 1 rings (SSSR count). The maximum atomic E-state index is 11.8. The Labute approximate surface area is 112 Å². The minimum absolute atomic E-state index is 0.340. The van der Waals surface area contributed by atoms with Gasteiger partial charge in [0.05, 0.1) is 0 Å². The summed E-state index contributed by atoms with van der Waals surface area (Å²) in [6.45, 7) is 1.93. The topological polar surface area (TPSA) is 46.2 Å². The summed E-state index contributed by atoms with van der Waals surface area (Å²) in [5.74, 6) is 0.406. The fraction of sp³-hybridized carbons (Fsp3) is 0.455. The van der Waals surface area contributed by atoms with Crippen LogP contribution < -0.4 is 4.72 Å². The summed E-state index contributed by atoms with van der Waals surface area (Å²) in [5.41, 5.74) is 1.59. The van der Waals surface area contributed by atoms with Crippen molar-refractivity contribution in [2.75, 3.05) is 10.6 Å². The number of nitrogens with one attached hydrogen (secondary N) is 1. The van der Waals surface area contributed by atoms with Crippen LogP contribution in [0.3, 0.4) is 0 Å². The maximum Gasteiger partial charge on any atom is 0.249 e. The highest BCUT2D eigenvalue weighted by Gasteiger charge is 2.22. The Morgan fingerprint density at radius 3 is 2.41 bits per heavy atom. The smallest absolute Gasteiger partial charge is 0.249 e. The molecular formula is C11H15Cl2NO2S. The van der Waals surface area contributed by atoms with E-state index in [0.717, 1.165) is 5.56 Å². The van der Waals surface area contributed by atoms with Crippen LogP contribution in [0.1, 0.15) is 18.4 Å². The number of sulfonamides is 1. The molecule has 1 atom stereocenters. The molecule has 1 aromatic carbocycles. The van der Waals surface area contributed by atoms with Gasteiger partial charge in [-0.2, -0.15) is 0 Å². The van der Waals surface area contributed by atoms with Gasteiger partial charge in [-0.25, -0.2) is 8.42 Å². The van der Waals surface area contributed by atoms with E-state index in [9.17, 15) is 8.42 Å². The van der Waals surface area contributed by atoms with E-state index in [2.05, 4.69) is 4.72 Å². The van der Waals surface area contributed by atoms with Gasteiger partial charge in [0.1, 0.15) is 0 Å². The number of hydrogen-bond acceptors (Lipinski definition) is 2. The quantitative estimate of drug-likeness (QED) is 0.819. The van der Waals surface area contributed by atoms with E-state index in [-0.39, 0.29) is 0 Å². The Morgan fingerprint density at radius 2 is 1.88 bits per heavy atom. The molecule has 0 radical (unpaired) electrons. The lowest BCUT2D eigenvalue weighted by Crippen LogP contribution is -2.23. The summed E-state index contributed by atoms with van der Waals surface area (Å²) in [5, 5.41) is 0. The second-order valence-electron chi connectivity index (χ2n) is 3.75. The van der Waals surface area contributed by atoms with E-state index in [1.165, 1.54) is 0 Å². The Balaban J connectivity index is 2.69. The fourth-order valence-corrected chi connectivity index (χ4v) is 2.75. The van der Waals surface area contributed by atoms with Crippen LogP contribution in [0, 0.1) is 6.92 Å². The normalized spacial score (nSPS) is 13.4. The van der Waals surface area contributed by atoms with Gasteiger partial charge >= 0.3 is 0 Å². The molecule has 1 N–H and O–H groups in total. The van der Waals surface area contributed by atoms with Crippen LogP contribution in [0.2, 0.25) is 0 Å². The highest BCUT2D eigenvalue weighted by atomic mass is 35.5. The molecule has 0 saturated heterocycles. The number of hydrogen-bond donors (Lipinski definition) is 1. The first-order chi connectivity index (χ1) is 7.95. The number of alkyl halides is 2. The third-order valence-electron chi connectivity index (χ3n) is 2.21. The zero-order valence-electron chi connectivity index (χ0n) is 9.49. The fourth-order valence-electron chi connectivity index (χ4n) is 1.24. The molecule has 0 amide bonds. The predicted octanol–water partition coefficient (Wildman–Crippen LogP) is 3.32. The summed E-state index contributed by atoms with van der Waals surface area (Å²) in [6.07, 6.45) is 0.913. The second-order valence-corrected chi connectivity index (χ2v) is 6.78. The van der Waals surface area contributed by atoms with Crippen LogP contribution >= 0.6 is 23.2 Å². The van der Waals surface area contributed by atoms with Gasteiger partial charge in [0.15, 0.2) is 4.71 Å². The van der Waals surface area contributed by atoms with Crippen molar-refractivity contribution >= 4 is 38.9 Å². The Hall–Kier alpha value is -0.450. The minimum atomic E-state index is -3.54. The lowest BCUT2D eigenvalue weighted by atomic mass is 10.2. The van der Waals surface area contributed by atoms with Crippen molar-refractivity contribution in [3.05, 3.63) is 29.8 Å². The number of halogens is 2. The van der Waals surface area contributed by atoms with Crippen molar-refractivity contribution < 1.29 is 8.42 Å². The Bertz CT molecular complexity index is 445. The average molecular weight is 296 g/mol. The van der Waals surface area contributed by atoms with E-state index >= 15 is 0 Å². The van der Waals surface area contributed by atoms with Gasteiger partial charge in [0, 0.05) is 11.6 Å². The molecule has 0 saturated carbocycles. The SMILES string of the molecule is Cc1ccc(NS(=O)(=O)C(Cl)CCCCl)cc1. The van der Waals surface area contributed by atoms with Gasteiger partial charge in [-0.3, -0.25) is 4.72 Å². The average Bonchev–Trinajstić information content (AvgIpc) is 2.28. The highest BCUT2D eigenvalue weighted by Crippen LogP contribution is 2.18. The molecule has 0 aliphatic carbocycles. The molecule has 1 aromatic rings. The second kappa shape index (κ2) is 6.47. The van der Waals surface area contributed by atoms with Crippen molar-refractivity contribution in [1.82, 2.24) is 0 Å². The predicted molar refractivity (Wildman–Crippen MR) is 73.3 cm³/mol. The third kappa shape index (κ3) is 4.74. The Kier molecular flexibility index (Phi) is 5.56. The molecular weight excluding hydrogens is 281 g/mol. The molecule has 96 valence electrons. The van der Waals surface area contributed by atoms with Gasteiger partial charge < -0.3 is 0 Å². The van der Waals surface area contributed by atoms with Crippen molar-refractivity contribution in [3.63, 3.8) is 0 Å². The van der Waals surface area contributed by atoms with E-state index in [1.807, 2.05) is 19.1 Å². The summed E-state index contributed by atoms with van der Waals surface area (Å²) in [7, 11) is -3.54. The molecule has 17 heavy (non-hydrogen) atoms. The lowest BCUT2D eigenvalue weighted by molar-refractivity contribution is 0.593. The molecule has 0 bridgehead atoms. The molecule has 0 aliphatic rings. The van der Waals surface area contributed by atoms with E-state index in [1.54, 1.807) is 12.1 Å².